The molecule has 0 aliphatic carbocycles. The number of rotatable bonds is 8. The van der Waals surface area contributed by atoms with Crippen molar-refractivity contribution in [2.75, 3.05) is 31.0 Å². The van der Waals surface area contributed by atoms with Crippen LogP contribution in [0.15, 0.2) is 42.5 Å². The van der Waals surface area contributed by atoms with Gasteiger partial charge < -0.3 is 30.3 Å². The first-order chi connectivity index (χ1) is 15.8. The maximum atomic E-state index is 12.7. The number of nitrogens with one attached hydrogen (secondary N) is 3. The molecule has 1 unspecified atom stereocenters. The minimum Gasteiger partial charge on any atom is -0.497 e. The monoisotopic (exact) mass is 454 g/mol. The topological polar surface area (TPSA) is 109 Å². The van der Waals surface area contributed by atoms with Crippen molar-refractivity contribution in [1.82, 2.24) is 10.6 Å². The molecule has 0 saturated carbocycles. The first-order valence-corrected chi connectivity index (χ1v) is 10.8. The van der Waals surface area contributed by atoms with Crippen LogP contribution >= 0.6 is 0 Å². The number of methoxy groups -OCH3 is 2. The van der Waals surface area contributed by atoms with Gasteiger partial charge in [-0.2, -0.15) is 0 Å². The molecular weight excluding hydrogens is 424 g/mol. The van der Waals surface area contributed by atoms with Gasteiger partial charge in [0.15, 0.2) is 0 Å². The molecule has 1 aliphatic heterocycles. The summed E-state index contributed by atoms with van der Waals surface area (Å²) in [6.45, 7) is 4.36. The van der Waals surface area contributed by atoms with Crippen LogP contribution in [0, 0.1) is 5.92 Å². The van der Waals surface area contributed by atoms with Gasteiger partial charge in [-0.15, -0.1) is 0 Å². The number of hydrogen-bond acceptors (Lipinski definition) is 5. The van der Waals surface area contributed by atoms with Crippen molar-refractivity contribution in [3.63, 3.8) is 0 Å². The Balaban J connectivity index is 1.56. The Bertz CT molecular complexity index is 1010. The fourth-order valence-corrected chi connectivity index (χ4v) is 3.59. The van der Waals surface area contributed by atoms with Gasteiger partial charge in [0, 0.05) is 37.3 Å². The van der Waals surface area contributed by atoms with Gasteiger partial charge in [-0.25, -0.2) is 4.79 Å². The summed E-state index contributed by atoms with van der Waals surface area (Å²) in [5.41, 5.74) is 2.13. The molecule has 1 aliphatic rings. The van der Waals surface area contributed by atoms with Crippen LogP contribution in [0.4, 0.5) is 16.2 Å². The van der Waals surface area contributed by atoms with Gasteiger partial charge in [-0.05, 0) is 43.7 Å². The van der Waals surface area contributed by atoms with E-state index >= 15 is 0 Å². The minimum absolute atomic E-state index is 0.0443. The maximum Gasteiger partial charge on any atom is 0.319 e. The maximum absolute atomic E-state index is 12.7. The molecule has 9 heteroatoms. The number of urea groups is 1. The first kappa shape index (κ1) is 23.9. The van der Waals surface area contributed by atoms with E-state index in [0.717, 1.165) is 5.56 Å². The zero-order valence-electron chi connectivity index (χ0n) is 19.3. The normalized spacial score (nSPS) is 15.4. The molecule has 2 aromatic rings. The highest BCUT2D eigenvalue weighted by Gasteiger charge is 2.36. The number of carbonyl (C=O) groups is 3. The summed E-state index contributed by atoms with van der Waals surface area (Å²) in [5, 5.41) is 8.41. The fraction of sp³-hybridized carbons (Fsp3) is 0.375. The van der Waals surface area contributed by atoms with Gasteiger partial charge in [-0.3, -0.25) is 9.59 Å². The zero-order valence-corrected chi connectivity index (χ0v) is 19.3. The van der Waals surface area contributed by atoms with E-state index in [1.165, 1.54) is 7.11 Å². The molecule has 3 rings (SSSR count). The third kappa shape index (κ3) is 6.15. The van der Waals surface area contributed by atoms with Crippen molar-refractivity contribution in [2.45, 2.75) is 32.9 Å². The van der Waals surface area contributed by atoms with Crippen molar-refractivity contribution in [2.24, 2.45) is 5.92 Å². The fourth-order valence-electron chi connectivity index (χ4n) is 3.59. The summed E-state index contributed by atoms with van der Waals surface area (Å²) < 4.78 is 10.6. The van der Waals surface area contributed by atoms with Gasteiger partial charge in [0.1, 0.15) is 11.5 Å². The summed E-state index contributed by atoms with van der Waals surface area (Å²) in [6.07, 6.45) is 0.125. The SMILES string of the molecule is COc1ccc(OC)c(N2CC(C(=O)NCc3ccc(NC(=O)NC(C)C)cc3)CC2=O)c1. The molecule has 176 valence electrons. The number of nitrogens with zero attached hydrogens (tertiary/aromatic N) is 1. The Morgan fingerprint density at radius 1 is 1.09 bits per heavy atom. The summed E-state index contributed by atoms with van der Waals surface area (Å²) in [4.78, 5) is 38.7. The summed E-state index contributed by atoms with van der Waals surface area (Å²) in [7, 11) is 3.09. The lowest BCUT2D eigenvalue weighted by atomic mass is 10.1. The van der Waals surface area contributed by atoms with Gasteiger partial charge in [0.25, 0.3) is 0 Å². The first-order valence-electron chi connectivity index (χ1n) is 10.8. The molecule has 4 amide bonds. The van der Waals surface area contributed by atoms with E-state index in [1.54, 1.807) is 42.3 Å². The molecule has 1 atom stereocenters. The van der Waals surface area contributed by atoms with E-state index in [0.29, 0.717) is 29.4 Å². The van der Waals surface area contributed by atoms with Crippen molar-refractivity contribution in [3.8, 4) is 11.5 Å². The standard InChI is InChI=1S/C24H30N4O5/c1-15(2)26-24(31)27-18-7-5-16(6-8-18)13-25-23(30)17-11-22(29)28(14-17)20-12-19(32-3)9-10-21(20)33-4/h5-10,12,15,17H,11,13-14H2,1-4H3,(H,25,30)(H2,26,27,31). The molecule has 1 fully saturated rings. The van der Waals surface area contributed by atoms with Crippen LogP contribution in [0.25, 0.3) is 0 Å². The van der Waals surface area contributed by atoms with E-state index in [2.05, 4.69) is 16.0 Å². The van der Waals surface area contributed by atoms with Gasteiger partial charge in [0.05, 0.1) is 25.8 Å². The van der Waals surface area contributed by atoms with E-state index in [1.807, 2.05) is 26.0 Å². The van der Waals surface area contributed by atoms with Crippen LogP contribution in [-0.4, -0.2) is 44.7 Å². The molecule has 0 spiro atoms. The number of benzene rings is 2. The number of hydrogen-bond donors (Lipinski definition) is 3. The summed E-state index contributed by atoms with van der Waals surface area (Å²) >= 11 is 0. The van der Waals surface area contributed by atoms with E-state index in [9.17, 15) is 14.4 Å². The molecule has 0 aromatic heterocycles. The third-order valence-electron chi connectivity index (χ3n) is 5.27. The smallest absolute Gasteiger partial charge is 0.319 e. The van der Waals surface area contributed by atoms with Gasteiger partial charge >= 0.3 is 6.03 Å². The number of carbonyl (C=O) groups excluding carboxylic acids is 3. The summed E-state index contributed by atoms with van der Waals surface area (Å²) in [5.74, 6) is 0.351. The minimum atomic E-state index is -0.464. The number of ether oxygens (including phenoxy) is 2. The van der Waals surface area contributed by atoms with Gasteiger partial charge in [0.2, 0.25) is 11.8 Å². The van der Waals surface area contributed by atoms with Crippen molar-refractivity contribution in [1.29, 1.82) is 0 Å². The lowest BCUT2D eigenvalue weighted by Gasteiger charge is -2.20. The van der Waals surface area contributed by atoms with E-state index in [-0.39, 0.29) is 36.9 Å². The molecule has 9 nitrogen and oxygen atoms in total. The number of anilines is 2. The van der Waals surface area contributed by atoms with E-state index in [4.69, 9.17) is 9.47 Å². The Morgan fingerprint density at radius 2 is 1.82 bits per heavy atom. The van der Waals surface area contributed by atoms with Crippen LogP contribution in [0.2, 0.25) is 0 Å². The Morgan fingerprint density at radius 3 is 2.45 bits per heavy atom. The largest absolute Gasteiger partial charge is 0.497 e. The molecule has 1 heterocycles. The van der Waals surface area contributed by atoms with Crippen LogP contribution in [-0.2, 0) is 16.1 Å². The number of amides is 4. The van der Waals surface area contributed by atoms with Crippen LogP contribution < -0.4 is 30.3 Å². The second-order valence-corrected chi connectivity index (χ2v) is 8.11. The average molecular weight is 455 g/mol. The highest BCUT2D eigenvalue weighted by atomic mass is 16.5. The van der Waals surface area contributed by atoms with Crippen molar-refractivity contribution in [3.05, 3.63) is 48.0 Å². The summed E-state index contributed by atoms with van der Waals surface area (Å²) in [6, 6.07) is 12.2. The lowest BCUT2D eigenvalue weighted by Crippen LogP contribution is -2.34. The molecule has 1 saturated heterocycles. The molecule has 0 radical (unpaired) electrons. The average Bonchev–Trinajstić information content (AvgIpc) is 3.18. The third-order valence-corrected chi connectivity index (χ3v) is 5.27. The molecule has 0 bridgehead atoms. The predicted octanol–water partition coefficient (Wildman–Crippen LogP) is 2.90. The predicted molar refractivity (Wildman–Crippen MR) is 126 cm³/mol. The van der Waals surface area contributed by atoms with Crippen molar-refractivity contribution < 1.29 is 23.9 Å². The molecule has 33 heavy (non-hydrogen) atoms. The Kier molecular flexibility index (Phi) is 7.76. The lowest BCUT2D eigenvalue weighted by molar-refractivity contribution is -0.126. The second kappa shape index (κ2) is 10.7. The Labute approximate surface area is 193 Å². The quantitative estimate of drug-likeness (QED) is 0.568. The van der Waals surface area contributed by atoms with Crippen LogP contribution in [0.5, 0.6) is 11.5 Å². The van der Waals surface area contributed by atoms with Gasteiger partial charge in [-0.1, -0.05) is 12.1 Å². The zero-order chi connectivity index (χ0) is 24.0. The highest BCUT2D eigenvalue weighted by Crippen LogP contribution is 2.36. The highest BCUT2D eigenvalue weighted by molar-refractivity contribution is 6.01. The Hall–Kier alpha value is -3.75. The molecular formula is C24H30N4O5. The van der Waals surface area contributed by atoms with Crippen molar-refractivity contribution >= 4 is 29.2 Å². The second-order valence-electron chi connectivity index (χ2n) is 8.11. The van der Waals surface area contributed by atoms with Crippen LogP contribution in [0.3, 0.4) is 0 Å². The van der Waals surface area contributed by atoms with E-state index < -0.39 is 5.92 Å². The molecule has 2 aromatic carbocycles. The van der Waals surface area contributed by atoms with Crippen LogP contribution in [0.1, 0.15) is 25.8 Å². The molecule has 3 N–H and O–H groups in total.